The van der Waals surface area contributed by atoms with Gasteiger partial charge in [-0.1, -0.05) is 30.8 Å². The van der Waals surface area contributed by atoms with E-state index in [1.54, 1.807) is 0 Å². The molecule has 104 valence electrons. The molecule has 0 aliphatic heterocycles. The molecule has 0 bridgehead atoms. The van der Waals surface area contributed by atoms with Gasteiger partial charge in [-0.15, -0.1) is 0 Å². The van der Waals surface area contributed by atoms with E-state index in [2.05, 4.69) is 10.1 Å². The zero-order chi connectivity index (χ0) is 13.3. The maximum atomic E-state index is 11.5. The van der Waals surface area contributed by atoms with Crippen molar-refractivity contribution in [3.63, 3.8) is 0 Å². The molecule has 2 aliphatic carbocycles. The minimum atomic E-state index is -0.717. The second-order valence-corrected chi connectivity index (χ2v) is 6.00. The lowest BCUT2D eigenvalue weighted by Crippen LogP contribution is -2.30. The van der Waals surface area contributed by atoms with Crippen molar-refractivity contribution in [3.05, 3.63) is 11.7 Å². The van der Waals surface area contributed by atoms with E-state index in [1.807, 2.05) is 0 Å². The molecule has 0 unspecified atom stereocenters. The average Bonchev–Trinajstić information content (AvgIpc) is 3.10. The number of aliphatic carboxylic acids is 1. The number of carboxylic acid groups (broad SMARTS) is 1. The fourth-order valence-corrected chi connectivity index (χ4v) is 3.50. The molecular weight excluding hydrogens is 244 g/mol. The lowest BCUT2D eigenvalue weighted by atomic mass is 9.83. The molecule has 2 saturated carbocycles. The van der Waals surface area contributed by atoms with Crippen LogP contribution in [0.1, 0.15) is 69.0 Å². The summed E-state index contributed by atoms with van der Waals surface area (Å²) in [5.41, 5.74) is -0.667. The molecule has 5 heteroatoms. The van der Waals surface area contributed by atoms with Crippen LogP contribution in [0.5, 0.6) is 0 Å². The molecule has 0 aromatic carbocycles. The monoisotopic (exact) mass is 264 g/mol. The van der Waals surface area contributed by atoms with Crippen molar-refractivity contribution in [1.29, 1.82) is 0 Å². The molecule has 1 heterocycles. The normalized spacial score (nSPS) is 22.9. The first kappa shape index (κ1) is 12.6. The molecule has 0 atom stereocenters. The minimum Gasteiger partial charge on any atom is -0.481 e. The first-order chi connectivity index (χ1) is 9.20. The topological polar surface area (TPSA) is 76.2 Å². The van der Waals surface area contributed by atoms with Crippen LogP contribution >= 0.6 is 0 Å². The van der Waals surface area contributed by atoms with Crippen LogP contribution in [0.15, 0.2) is 4.52 Å². The Kier molecular flexibility index (Phi) is 3.29. The summed E-state index contributed by atoms with van der Waals surface area (Å²) in [7, 11) is 0. The van der Waals surface area contributed by atoms with Crippen molar-refractivity contribution in [1.82, 2.24) is 10.1 Å². The molecule has 2 fully saturated rings. The summed E-state index contributed by atoms with van der Waals surface area (Å²) in [5, 5.41) is 13.5. The van der Waals surface area contributed by atoms with Gasteiger partial charge in [0.15, 0.2) is 5.82 Å². The zero-order valence-corrected chi connectivity index (χ0v) is 11.1. The van der Waals surface area contributed by atoms with E-state index in [-0.39, 0.29) is 0 Å². The maximum Gasteiger partial charge on any atom is 0.310 e. The Morgan fingerprint density at radius 3 is 2.58 bits per heavy atom. The van der Waals surface area contributed by atoms with E-state index in [9.17, 15) is 9.90 Å². The number of rotatable bonds is 4. The Morgan fingerprint density at radius 2 is 1.95 bits per heavy atom. The smallest absolute Gasteiger partial charge is 0.310 e. The van der Waals surface area contributed by atoms with E-state index >= 15 is 0 Å². The molecule has 1 N–H and O–H groups in total. The highest BCUT2D eigenvalue weighted by atomic mass is 16.5. The van der Waals surface area contributed by atoms with Gasteiger partial charge in [-0.05, 0) is 25.7 Å². The molecule has 5 nitrogen and oxygen atoms in total. The van der Waals surface area contributed by atoms with Gasteiger partial charge >= 0.3 is 5.97 Å². The molecule has 0 radical (unpaired) electrons. The average molecular weight is 264 g/mol. The first-order valence-corrected chi connectivity index (χ1v) is 7.25. The number of aromatic nitrogens is 2. The van der Waals surface area contributed by atoms with Gasteiger partial charge in [0, 0.05) is 12.3 Å². The highest BCUT2D eigenvalue weighted by Gasteiger charge is 2.43. The van der Waals surface area contributed by atoms with Crippen LogP contribution in [0, 0.1) is 5.41 Å². The van der Waals surface area contributed by atoms with Crippen molar-refractivity contribution in [2.45, 2.75) is 63.7 Å². The van der Waals surface area contributed by atoms with Crippen molar-refractivity contribution in [2.24, 2.45) is 5.41 Å². The number of hydrogen-bond donors (Lipinski definition) is 1. The Hall–Kier alpha value is -1.39. The summed E-state index contributed by atoms with van der Waals surface area (Å²) in [4.78, 5) is 15.9. The zero-order valence-electron chi connectivity index (χ0n) is 11.1. The molecule has 1 aromatic rings. The Morgan fingerprint density at radius 1 is 1.26 bits per heavy atom. The van der Waals surface area contributed by atoms with Crippen LogP contribution in [0.25, 0.3) is 0 Å². The maximum absolute atomic E-state index is 11.5. The predicted molar refractivity (Wildman–Crippen MR) is 67.7 cm³/mol. The van der Waals surface area contributed by atoms with Crippen LogP contribution in [0.2, 0.25) is 0 Å². The van der Waals surface area contributed by atoms with E-state index in [0.717, 1.165) is 44.3 Å². The lowest BCUT2D eigenvalue weighted by Gasteiger charge is -2.21. The van der Waals surface area contributed by atoms with Crippen molar-refractivity contribution in [3.8, 4) is 0 Å². The lowest BCUT2D eigenvalue weighted by molar-refractivity contribution is -0.148. The predicted octanol–water partition coefficient (Wildman–Crippen LogP) is 2.91. The molecule has 1 aromatic heterocycles. The summed E-state index contributed by atoms with van der Waals surface area (Å²) < 4.78 is 5.29. The van der Waals surface area contributed by atoms with Gasteiger partial charge in [-0.3, -0.25) is 4.79 Å². The second-order valence-electron chi connectivity index (χ2n) is 6.00. The number of nitrogens with zero attached hydrogens (tertiary/aromatic N) is 2. The molecule has 2 aliphatic rings. The summed E-state index contributed by atoms with van der Waals surface area (Å²) in [6.07, 6.45) is 8.52. The van der Waals surface area contributed by atoms with E-state index < -0.39 is 11.4 Å². The summed E-state index contributed by atoms with van der Waals surface area (Å²) in [5.74, 6) is 0.990. The van der Waals surface area contributed by atoms with Gasteiger partial charge in [-0.2, -0.15) is 4.98 Å². The Labute approximate surface area is 112 Å². The Bertz CT molecular complexity index is 457. The van der Waals surface area contributed by atoms with Gasteiger partial charge < -0.3 is 9.63 Å². The van der Waals surface area contributed by atoms with Crippen LogP contribution in [0.4, 0.5) is 0 Å². The van der Waals surface area contributed by atoms with Crippen molar-refractivity contribution >= 4 is 5.97 Å². The SMILES string of the molecule is O=C(O)C1(Cc2nc(C3CCCC3)no2)CCCC1. The number of carbonyl (C=O) groups is 1. The Balaban J connectivity index is 1.73. The highest BCUT2D eigenvalue weighted by molar-refractivity contribution is 5.75. The first-order valence-electron chi connectivity index (χ1n) is 7.25. The molecule has 0 amide bonds. The van der Waals surface area contributed by atoms with Gasteiger partial charge in [0.25, 0.3) is 0 Å². The van der Waals surface area contributed by atoms with Crippen molar-refractivity contribution in [2.75, 3.05) is 0 Å². The fraction of sp³-hybridized carbons (Fsp3) is 0.786. The standard InChI is InChI=1S/C14H20N2O3/c17-13(18)14(7-3-4-8-14)9-11-15-12(16-19-11)10-5-1-2-6-10/h10H,1-9H2,(H,17,18). The third-order valence-electron chi connectivity index (χ3n) is 4.71. The molecule has 3 rings (SSSR count). The molecule has 19 heavy (non-hydrogen) atoms. The molecular formula is C14H20N2O3. The van der Waals surface area contributed by atoms with Gasteiger partial charge in [-0.25, -0.2) is 0 Å². The molecule has 0 spiro atoms. The van der Waals surface area contributed by atoms with Gasteiger partial charge in [0.2, 0.25) is 5.89 Å². The van der Waals surface area contributed by atoms with Gasteiger partial charge in [0.1, 0.15) is 0 Å². The quantitative estimate of drug-likeness (QED) is 0.904. The van der Waals surface area contributed by atoms with Crippen LogP contribution in [-0.2, 0) is 11.2 Å². The summed E-state index contributed by atoms with van der Waals surface area (Å²) in [6.45, 7) is 0. The number of carboxylic acids is 1. The minimum absolute atomic E-state index is 0.391. The largest absolute Gasteiger partial charge is 0.481 e. The third kappa shape index (κ3) is 2.38. The van der Waals surface area contributed by atoms with E-state index in [1.165, 1.54) is 12.8 Å². The number of hydrogen-bond acceptors (Lipinski definition) is 4. The molecule has 0 saturated heterocycles. The second kappa shape index (κ2) is 4.94. The highest BCUT2D eigenvalue weighted by Crippen LogP contribution is 2.41. The summed E-state index contributed by atoms with van der Waals surface area (Å²) in [6, 6.07) is 0. The van der Waals surface area contributed by atoms with E-state index in [4.69, 9.17) is 4.52 Å². The van der Waals surface area contributed by atoms with Crippen LogP contribution in [-0.4, -0.2) is 21.2 Å². The van der Waals surface area contributed by atoms with E-state index in [0.29, 0.717) is 18.2 Å². The summed E-state index contributed by atoms with van der Waals surface area (Å²) >= 11 is 0. The fourth-order valence-electron chi connectivity index (χ4n) is 3.50. The van der Waals surface area contributed by atoms with Crippen LogP contribution in [0.3, 0.4) is 0 Å². The van der Waals surface area contributed by atoms with Crippen molar-refractivity contribution < 1.29 is 14.4 Å². The third-order valence-corrected chi connectivity index (χ3v) is 4.71. The van der Waals surface area contributed by atoms with Crippen LogP contribution < -0.4 is 0 Å². The van der Waals surface area contributed by atoms with Gasteiger partial charge in [0.05, 0.1) is 5.41 Å².